The van der Waals surface area contributed by atoms with Crippen molar-refractivity contribution in [2.45, 2.75) is 57.7 Å². The van der Waals surface area contributed by atoms with Gasteiger partial charge >= 0.3 is 5.97 Å². The number of nitrogens with zero attached hydrogens (tertiary/aromatic N) is 4. The van der Waals surface area contributed by atoms with E-state index < -0.39 is 34.0 Å². The summed E-state index contributed by atoms with van der Waals surface area (Å²) in [4.78, 5) is 46.4. The minimum absolute atomic E-state index is 0.0254. The first-order chi connectivity index (χ1) is 17.0. The molecule has 36 heavy (non-hydrogen) atoms. The number of benzene rings is 1. The highest BCUT2D eigenvalue weighted by Gasteiger charge is 2.39. The Balaban J connectivity index is 1.52. The Bertz CT molecular complexity index is 1450. The highest BCUT2D eigenvalue weighted by molar-refractivity contribution is 7.90. The second kappa shape index (κ2) is 9.69. The third-order valence-electron chi connectivity index (χ3n) is 6.02. The summed E-state index contributed by atoms with van der Waals surface area (Å²) < 4.78 is 32.6. The predicted octanol–water partition coefficient (Wildman–Crippen LogP) is 1.45. The molecule has 1 aliphatic heterocycles. The molecule has 2 amide bonds. The number of likely N-dealkylation sites (tertiary alicyclic amines) is 1. The van der Waals surface area contributed by atoms with E-state index in [0.29, 0.717) is 16.8 Å². The van der Waals surface area contributed by atoms with E-state index in [2.05, 4.69) is 15.3 Å². The summed E-state index contributed by atoms with van der Waals surface area (Å²) in [5.41, 5.74) is 2.57. The molecule has 3 heterocycles. The van der Waals surface area contributed by atoms with Crippen LogP contribution < -0.4 is 5.32 Å². The van der Waals surface area contributed by atoms with Gasteiger partial charge in [0.15, 0.2) is 5.65 Å². The van der Waals surface area contributed by atoms with E-state index in [1.54, 1.807) is 31.2 Å². The molecule has 1 aliphatic rings. The molecule has 0 saturated carbocycles. The number of aromatic nitrogens is 3. The third kappa shape index (κ3) is 4.94. The largest absolute Gasteiger partial charge is 0.461 e. The fourth-order valence-corrected chi connectivity index (χ4v) is 5.61. The number of hydrogen-bond acceptors (Lipinski definition) is 8. The molecule has 0 aliphatic carbocycles. The molecule has 1 N–H and O–H groups in total. The van der Waals surface area contributed by atoms with Gasteiger partial charge in [-0.2, -0.15) is 0 Å². The van der Waals surface area contributed by atoms with E-state index >= 15 is 0 Å². The summed E-state index contributed by atoms with van der Waals surface area (Å²) in [7, 11) is -3.87. The van der Waals surface area contributed by atoms with Crippen molar-refractivity contribution in [2.75, 3.05) is 6.54 Å². The summed E-state index contributed by atoms with van der Waals surface area (Å²) in [6.07, 6.45) is 2.54. The zero-order valence-electron chi connectivity index (χ0n) is 20.4. The maximum atomic E-state index is 13.2. The Hall–Kier alpha value is -3.80. The quantitative estimate of drug-likeness (QED) is 0.489. The normalized spacial score (nSPS) is 17.8. The number of hydrogen-bond donors (Lipinski definition) is 1. The van der Waals surface area contributed by atoms with Gasteiger partial charge in [-0.25, -0.2) is 22.4 Å². The van der Waals surface area contributed by atoms with Crippen LogP contribution in [0.4, 0.5) is 0 Å². The molecule has 1 fully saturated rings. The average Bonchev–Trinajstić information content (AvgIpc) is 3.39. The Morgan fingerprint density at radius 2 is 1.83 bits per heavy atom. The van der Waals surface area contributed by atoms with Crippen LogP contribution in [-0.4, -0.2) is 63.7 Å². The van der Waals surface area contributed by atoms with Crippen molar-refractivity contribution in [3.05, 3.63) is 53.5 Å². The molecule has 3 aromatic rings. The molecular formula is C24H27N5O6S. The molecular weight excluding hydrogens is 486 g/mol. The Labute approximate surface area is 208 Å². The molecule has 190 valence electrons. The molecule has 1 aromatic carbocycles. The van der Waals surface area contributed by atoms with E-state index in [1.807, 2.05) is 6.92 Å². The molecule has 0 unspecified atom stereocenters. The molecule has 12 heteroatoms. The van der Waals surface area contributed by atoms with Gasteiger partial charge in [-0.05, 0) is 31.5 Å². The van der Waals surface area contributed by atoms with Crippen molar-refractivity contribution < 1.29 is 27.5 Å². The summed E-state index contributed by atoms with van der Waals surface area (Å²) in [6, 6.07) is 5.77. The molecule has 11 nitrogen and oxygen atoms in total. The number of esters is 1. The Kier molecular flexibility index (Phi) is 6.81. The highest BCUT2D eigenvalue weighted by atomic mass is 32.2. The number of nitrogens with one attached hydrogen (secondary N) is 1. The SMILES string of the molecule is CC(=O)O[C@@H]1C[C@H](C(=O)NCc2cnc3c(n2)c(C)cn3S(=O)(=O)c2ccc(C)cc2)N(C(C)=O)C1. The van der Waals surface area contributed by atoms with Gasteiger partial charge in [0.1, 0.15) is 17.7 Å². The lowest BCUT2D eigenvalue weighted by molar-refractivity contribution is -0.146. The van der Waals surface area contributed by atoms with E-state index in [9.17, 15) is 22.8 Å². The number of carbonyl (C=O) groups is 3. The van der Waals surface area contributed by atoms with Crippen LogP contribution >= 0.6 is 0 Å². The fraction of sp³-hybridized carbons (Fsp3) is 0.375. The molecule has 2 aromatic heterocycles. The predicted molar refractivity (Wildman–Crippen MR) is 129 cm³/mol. The third-order valence-corrected chi connectivity index (χ3v) is 7.68. The second-order valence-corrected chi connectivity index (χ2v) is 10.6. The number of carbonyl (C=O) groups excluding carboxylic acids is 3. The monoisotopic (exact) mass is 513 g/mol. The lowest BCUT2D eigenvalue weighted by atomic mass is 10.2. The summed E-state index contributed by atoms with van der Waals surface area (Å²) in [5.74, 6) is -1.17. The maximum absolute atomic E-state index is 13.2. The van der Waals surface area contributed by atoms with Crippen LogP contribution in [0, 0.1) is 13.8 Å². The molecule has 0 radical (unpaired) electrons. The van der Waals surface area contributed by atoms with Crippen molar-refractivity contribution in [1.29, 1.82) is 0 Å². The molecule has 0 bridgehead atoms. The number of fused-ring (bicyclic) bond motifs is 1. The highest BCUT2D eigenvalue weighted by Crippen LogP contribution is 2.24. The van der Waals surface area contributed by atoms with Gasteiger partial charge in [0.25, 0.3) is 10.0 Å². The zero-order valence-corrected chi connectivity index (χ0v) is 21.2. The standard InChI is InChI=1S/C24H27N5O6S/c1-14-5-7-20(8-6-14)36(33,34)29-12-15(2)22-23(29)25-10-18(27-22)11-26-24(32)21-9-19(35-17(4)31)13-28(21)16(3)30/h5-8,10,12,19,21H,9,11,13H2,1-4H3,(H,26,32)/t19-,21-/m1/s1. The number of aryl methyl sites for hydroxylation is 2. The van der Waals surface area contributed by atoms with Crippen molar-refractivity contribution in [3.8, 4) is 0 Å². The van der Waals surface area contributed by atoms with Crippen molar-refractivity contribution in [3.63, 3.8) is 0 Å². The van der Waals surface area contributed by atoms with Crippen LogP contribution in [0.1, 0.15) is 37.1 Å². The van der Waals surface area contributed by atoms with Crippen LogP contribution in [0.3, 0.4) is 0 Å². The summed E-state index contributed by atoms with van der Waals surface area (Å²) >= 11 is 0. The molecule has 1 saturated heterocycles. The van der Waals surface area contributed by atoms with Gasteiger partial charge in [-0.3, -0.25) is 14.4 Å². The number of amides is 2. The van der Waals surface area contributed by atoms with Crippen LogP contribution in [0.5, 0.6) is 0 Å². The minimum Gasteiger partial charge on any atom is -0.461 e. The van der Waals surface area contributed by atoms with E-state index in [0.717, 1.165) is 9.54 Å². The second-order valence-electron chi connectivity index (χ2n) is 8.83. The van der Waals surface area contributed by atoms with E-state index in [-0.39, 0.29) is 36.0 Å². The van der Waals surface area contributed by atoms with Crippen molar-refractivity contribution in [1.82, 2.24) is 24.2 Å². The summed E-state index contributed by atoms with van der Waals surface area (Å²) in [5, 5.41) is 2.75. The van der Waals surface area contributed by atoms with Crippen LogP contribution in [0.2, 0.25) is 0 Å². The van der Waals surface area contributed by atoms with E-state index in [1.165, 1.54) is 31.1 Å². The smallest absolute Gasteiger partial charge is 0.302 e. The number of rotatable bonds is 6. The van der Waals surface area contributed by atoms with Gasteiger partial charge in [-0.1, -0.05) is 17.7 Å². The van der Waals surface area contributed by atoms with Gasteiger partial charge in [0.05, 0.1) is 29.9 Å². The van der Waals surface area contributed by atoms with Gasteiger partial charge in [-0.15, -0.1) is 0 Å². The van der Waals surface area contributed by atoms with Crippen LogP contribution in [-0.2, 0) is 35.7 Å². The first-order valence-corrected chi connectivity index (χ1v) is 12.8. The van der Waals surface area contributed by atoms with Gasteiger partial charge in [0, 0.05) is 26.5 Å². The van der Waals surface area contributed by atoms with Crippen molar-refractivity contribution >= 4 is 39.0 Å². The van der Waals surface area contributed by atoms with Gasteiger partial charge < -0.3 is 15.0 Å². The van der Waals surface area contributed by atoms with Crippen LogP contribution in [0.15, 0.2) is 41.6 Å². The summed E-state index contributed by atoms with van der Waals surface area (Å²) in [6.45, 7) is 6.42. The van der Waals surface area contributed by atoms with E-state index in [4.69, 9.17) is 4.74 Å². The zero-order chi connectivity index (χ0) is 26.2. The molecule has 4 rings (SSSR count). The topological polar surface area (TPSA) is 141 Å². The number of ether oxygens (including phenoxy) is 1. The maximum Gasteiger partial charge on any atom is 0.302 e. The molecule has 0 spiro atoms. The van der Waals surface area contributed by atoms with Crippen LogP contribution in [0.25, 0.3) is 11.2 Å². The Morgan fingerprint density at radius 1 is 1.14 bits per heavy atom. The van der Waals surface area contributed by atoms with Gasteiger partial charge in [0.2, 0.25) is 11.8 Å². The first-order valence-electron chi connectivity index (χ1n) is 11.4. The Morgan fingerprint density at radius 3 is 2.47 bits per heavy atom. The lowest BCUT2D eigenvalue weighted by Crippen LogP contribution is -2.45. The molecule has 2 atom stereocenters. The average molecular weight is 514 g/mol. The minimum atomic E-state index is -3.87. The lowest BCUT2D eigenvalue weighted by Gasteiger charge is -2.21. The fourth-order valence-electron chi connectivity index (χ4n) is 4.25. The first kappa shape index (κ1) is 25.3. The van der Waals surface area contributed by atoms with Crippen molar-refractivity contribution in [2.24, 2.45) is 0 Å².